The Kier molecular flexibility index (Phi) is 2.98. The summed E-state index contributed by atoms with van der Waals surface area (Å²) in [7, 11) is 1.51. The van der Waals surface area contributed by atoms with Crippen molar-refractivity contribution < 1.29 is 24.5 Å². The minimum atomic E-state index is -0.975. The van der Waals surface area contributed by atoms with Crippen LogP contribution in [-0.2, 0) is 14.3 Å². The number of aliphatic carboxylic acids is 1. The van der Waals surface area contributed by atoms with Gasteiger partial charge in [0.05, 0.1) is 24.4 Å². The molecule has 2 rings (SSSR count). The molecular formula is C11H14O5. The van der Waals surface area contributed by atoms with Crippen molar-refractivity contribution in [3.05, 3.63) is 23.5 Å². The number of allylic oxidation sites excluding steroid dienone is 1. The van der Waals surface area contributed by atoms with Crippen LogP contribution in [-0.4, -0.2) is 36.2 Å². The topological polar surface area (TPSA) is 76.0 Å². The van der Waals surface area contributed by atoms with E-state index in [4.69, 9.17) is 14.6 Å². The van der Waals surface area contributed by atoms with Crippen molar-refractivity contribution >= 4 is 5.97 Å². The van der Waals surface area contributed by atoms with Gasteiger partial charge in [-0.05, 0) is 12.0 Å². The highest BCUT2D eigenvalue weighted by molar-refractivity contribution is 5.87. The third-order valence-electron chi connectivity index (χ3n) is 3.18. The molecule has 3 atom stereocenters. The molecule has 0 fully saturated rings. The Balaban J connectivity index is 2.29. The van der Waals surface area contributed by atoms with Gasteiger partial charge in [0.1, 0.15) is 0 Å². The van der Waals surface area contributed by atoms with E-state index in [0.717, 1.165) is 5.57 Å². The lowest BCUT2D eigenvalue weighted by atomic mass is 9.83. The monoisotopic (exact) mass is 226 g/mol. The summed E-state index contributed by atoms with van der Waals surface area (Å²) in [6, 6.07) is 0. The van der Waals surface area contributed by atoms with Crippen LogP contribution in [0.2, 0.25) is 0 Å². The van der Waals surface area contributed by atoms with E-state index in [-0.39, 0.29) is 24.0 Å². The van der Waals surface area contributed by atoms with Gasteiger partial charge in [-0.25, -0.2) is 4.79 Å². The van der Waals surface area contributed by atoms with Crippen LogP contribution < -0.4 is 0 Å². The number of carboxylic acids is 1. The molecule has 0 aromatic rings. The smallest absolute Gasteiger partial charge is 0.335 e. The third-order valence-corrected chi connectivity index (χ3v) is 3.18. The number of carboxylic acid groups (broad SMARTS) is 1. The van der Waals surface area contributed by atoms with E-state index in [2.05, 4.69) is 0 Å². The van der Waals surface area contributed by atoms with Gasteiger partial charge in [-0.15, -0.1) is 0 Å². The summed E-state index contributed by atoms with van der Waals surface area (Å²) >= 11 is 0. The molecule has 0 radical (unpaired) electrons. The second-order valence-electron chi connectivity index (χ2n) is 3.92. The van der Waals surface area contributed by atoms with E-state index in [1.807, 2.05) is 6.08 Å². The standard InChI is InChI=1S/C11H14O5/c1-15-11-9-6(4-12)2-3-7(9)8(5-16-11)10(13)14/h2,5,7,9,11-12H,3-4H2,1H3,(H,13,14). The van der Waals surface area contributed by atoms with Gasteiger partial charge in [0, 0.05) is 13.0 Å². The highest BCUT2D eigenvalue weighted by atomic mass is 16.7. The van der Waals surface area contributed by atoms with Crippen molar-refractivity contribution in [3.63, 3.8) is 0 Å². The van der Waals surface area contributed by atoms with Gasteiger partial charge in [0.15, 0.2) is 0 Å². The average Bonchev–Trinajstić information content (AvgIpc) is 2.71. The van der Waals surface area contributed by atoms with Gasteiger partial charge >= 0.3 is 5.97 Å². The van der Waals surface area contributed by atoms with Crippen LogP contribution in [0.15, 0.2) is 23.5 Å². The number of aliphatic hydroxyl groups is 1. The lowest BCUT2D eigenvalue weighted by molar-refractivity contribution is -0.144. The fourth-order valence-electron chi connectivity index (χ4n) is 2.40. The number of rotatable bonds is 3. The summed E-state index contributed by atoms with van der Waals surface area (Å²) in [5.41, 5.74) is 1.04. The van der Waals surface area contributed by atoms with Crippen molar-refractivity contribution in [3.8, 4) is 0 Å². The Labute approximate surface area is 93.0 Å². The number of ether oxygens (including phenoxy) is 2. The molecule has 1 aliphatic heterocycles. The molecule has 5 heteroatoms. The minimum Gasteiger partial charge on any atom is -0.478 e. The molecule has 5 nitrogen and oxygen atoms in total. The van der Waals surface area contributed by atoms with E-state index >= 15 is 0 Å². The largest absolute Gasteiger partial charge is 0.478 e. The van der Waals surface area contributed by atoms with Gasteiger partial charge in [-0.3, -0.25) is 0 Å². The Morgan fingerprint density at radius 2 is 2.44 bits per heavy atom. The van der Waals surface area contributed by atoms with Crippen LogP contribution in [0.4, 0.5) is 0 Å². The van der Waals surface area contributed by atoms with Crippen LogP contribution in [0.5, 0.6) is 0 Å². The predicted octanol–water partition coefficient (Wildman–Crippen LogP) is 0.512. The normalized spacial score (nSPS) is 32.5. The number of hydrogen-bond acceptors (Lipinski definition) is 4. The maximum absolute atomic E-state index is 11.0. The first-order chi connectivity index (χ1) is 7.69. The fourth-order valence-corrected chi connectivity index (χ4v) is 2.40. The summed E-state index contributed by atoms with van der Waals surface area (Å²) in [5, 5.41) is 18.2. The lowest BCUT2D eigenvalue weighted by Gasteiger charge is -2.33. The molecule has 2 N–H and O–H groups in total. The van der Waals surface area contributed by atoms with Crippen molar-refractivity contribution in [2.45, 2.75) is 12.7 Å². The first-order valence-electron chi connectivity index (χ1n) is 5.10. The Morgan fingerprint density at radius 3 is 3.00 bits per heavy atom. The molecule has 1 heterocycles. The highest BCUT2D eigenvalue weighted by Gasteiger charge is 2.43. The molecule has 0 amide bonds. The molecule has 0 bridgehead atoms. The molecule has 0 aromatic carbocycles. The summed E-state index contributed by atoms with van der Waals surface area (Å²) in [4.78, 5) is 11.0. The number of methoxy groups -OCH3 is 1. The van der Waals surface area contributed by atoms with Gasteiger partial charge in [-0.1, -0.05) is 6.08 Å². The molecule has 0 saturated carbocycles. The summed E-state index contributed by atoms with van der Waals surface area (Å²) in [5.74, 6) is -1.32. The van der Waals surface area contributed by atoms with E-state index in [9.17, 15) is 9.90 Å². The Morgan fingerprint density at radius 1 is 1.69 bits per heavy atom. The quantitative estimate of drug-likeness (QED) is 0.686. The molecule has 3 unspecified atom stereocenters. The van der Waals surface area contributed by atoms with Gasteiger partial charge < -0.3 is 19.7 Å². The second kappa shape index (κ2) is 4.27. The van der Waals surface area contributed by atoms with Crippen LogP contribution in [0, 0.1) is 11.8 Å². The van der Waals surface area contributed by atoms with Gasteiger partial charge in [0.2, 0.25) is 6.29 Å². The summed E-state index contributed by atoms with van der Waals surface area (Å²) in [6.45, 7) is -0.0860. The maximum atomic E-state index is 11.0. The average molecular weight is 226 g/mol. The zero-order valence-corrected chi connectivity index (χ0v) is 8.92. The van der Waals surface area contributed by atoms with Crippen molar-refractivity contribution in [2.75, 3.05) is 13.7 Å². The van der Waals surface area contributed by atoms with Crippen LogP contribution >= 0.6 is 0 Å². The van der Waals surface area contributed by atoms with Crippen molar-refractivity contribution in [1.82, 2.24) is 0 Å². The molecule has 0 saturated heterocycles. The van der Waals surface area contributed by atoms with E-state index < -0.39 is 12.3 Å². The van der Waals surface area contributed by atoms with Crippen molar-refractivity contribution in [2.24, 2.45) is 11.8 Å². The zero-order chi connectivity index (χ0) is 11.7. The predicted molar refractivity (Wildman–Crippen MR) is 54.4 cm³/mol. The zero-order valence-electron chi connectivity index (χ0n) is 8.92. The molecule has 2 aliphatic rings. The molecule has 1 aliphatic carbocycles. The molecule has 0 spiro atoms. The Hall–Kier alpha value is -1.33. The van der Waals surface area contributed by atoms with E-state index in [1.165, 1.54) is 13.4 Å². The minimum absolute atomic E-state index is 0.0860. The Bertz CT molecular complexity index is 357. The third kappa shape index (κ3) is 1.62. The summed E-state index contributed by atoms with van der Waals surface area (Å²) in [6.07, 6.45) is 3.23. The first kappa shape index (κ1) is 11.2. The SMILES string of the molecule is COC1OC=C(C(=O)O)C2CC=C(CO)C12. The van der Waals surface area contributed by atoms with Gasteiger partial charge in [-0.2, -0.15) is 0 Å². The highest BCUT2D eigenvalue weighted by Crippen LogP contribution is 2.42. The van der Waals surface area contributed by atoms with E-state index in [1.54, 1.807) is 0 Å². The van der Waals surface area contributed by atoms with Gasteiger partial charge in [0.25, 0.3) is 0 Å². The van der Waals surface area contributed by atoms with Crippen LogP contribution in [0.1, 0.15) is 6.42 Å². The maximum Gasteiger partial charge on any atom is 0.335 e. The summed E-state index contributed by atoms with van der Waals surface area (Å²) < 4.78 is 10.4. The fraction of sp³-hybridized carbons (Fsp3) is 0.545. The first-order valence-corrected chi connectivity index (χ1v) is 5.10. The second-order valence-corrected chi connectivity index (χ2v) is 3.92. The molecule has 16 heavy (non-hydrogen) atoms. The van der Waals surface area contributed by atoms with Crippen LogP contribution in [0.3, 0.4) is 0 Å². The number of fused-ring (bicyclic) bond motifs is 1. The molecule has 88 valence electrons. The number of hydrogen-bond donors (Lipinski definition) is 2. The lowest BCUT2D eigenvalue weighted by Crippen LogP contribution is -2.36. The number of carbonyl (C=O) groups is 1. The van der Waals surface area contributed by atoms with Crippen molar-refractivity contribution in [1.29, 1.82) is 0 Å². The van der Waals surface area contributed by atoms with E-state index in [0.29, 0.717) is 6.42 Å². The van der Waals surface area contributed by atoms with Crippen LogP contribution in [0.25, 0.3) is 0 Å². The molecule has 0 aromatic heterocycles. The number of aliphatic hydroxyl groups excluding tert-OH is 1. The molecular weight excluding hydrogens is 212 g/mol.